The summed E-state index contributed by atoms with van der Waals surface area (Å²) in [6, 6.07) is 3.93. The summed E-state index contributed by atoms with van der Waals surface area (Å²) in [5.41, 5.74) is 6.45. The van der Waals surface area contributed by atoms with Crippen LogP contribution in [0.2, 0.25) is 0 Å². The van der Waals surface area contributed by atoms with E-state index in [0.717, 1.165) is 9.35 Å². The van der Waals surface area contributed by atoms with Crippen molar-refractivity contribution in [1.82, 2.24) is 0 Å². The van der Waals surface area contributed by atoms with Crippen LogP contribution >= 0.6 is 27.3 Å². The lowest BCUT2D eigenvalue weighted by Gasteiger charge is -2.26. The number of nitrogens with two attached hydrogens (primary N) is 1. The summed E-state index contributed by atoms with van der Waals surface area (Å²) in [5.74, 6) is -0.537. The number of carbonyl (C=O) groups excluding carboxylic acids is 1. The van der Waals surface area contributed by atoms with Gasteiger partial charge in [-0.3, -0.25) is 0 Å². The smallest absolute Gasteiger partial charge is 0.338 e. The first-order valence-corrected chi connectivity index (χ1v) is 8.42. The molecule has 0 fully saturated rings. The first-order valence-electron chi connectivity index (χ1n) is 6.75. The molecule has 2 heterocycles. The molecule has 0 aromatic carbocycles. The van der Waals surface area contributed by atoms with Crippen LogP contribution in [0, 0.1) is 11.3 Å². The third-order valence-corrected chi connectivity index (χ3v) is 4.94. The average molecular weight is 383 g/mol. The largest absolute Gasteiger partial charge is 0.463 e. The van der Waals surface area contributed by atoms with Crippen molar-refractivity contribution in [3.8, 4) is 6.07 Å². The van der Waals surface area contributed by atoms with Crippen molar-refractivity contribution in [2.75, 3.05) is 6.61 Å². The summed E-state index contributed by atoms with van der Waals surface area (Å²) in [6.45, 7) is 3.85. The van der Waals surface area contributed by atoms with E-state index in [4.69, 9.17) is 15.2 Å². The Bertz CT molecular complexity index is 700. The molecular formula is C15H15BrN2O3S. The zero-order chi connectivity index (χ0) is 16.3. The molecule has 2 N–H and O–H groups in total. The molecule has 0 amide bonds. The standard InChI is InChI=1S/C15H15BrN2O3S/c1-3-10-13(15(19)20-4-2)12(9(6-17)14(18)21-10)11-5-8(16)7-22-11/h5,7,12H,3-4,18H2,1-2H3/t12-/m0/s1. The summed E-state index contributed by atoms with van der Waals surface area (Å²) in [4.78, 5) is 13.2. The van der Waals surface area contributed by atoms with Crippen molar-refractivity contribution < 1.29 is 14.3 Å². The average Bonchev–Trinajstić information content (AvgIpc) is 2.92. The number of ether oxygens (including phenoxy) is 2. The van der Waals surface area contributed by atoms with Gasteiger partial charge in [-0.2, -0.15) is 5.26 Å². The van der Waals surface area contributed by atoms with Gasteiger partial charge in [0, 0.05) is 21.2 Å². The van der Waals surface area contributed by atoms with Crippen LogP contribution in [0.25, 0.3) is 0 Å². The molecule has 0 spiro atoms. The highest BCUT2D eigenvalue weighted by Crippen LogP contribution is 2.43. The number of esters is 1. The number of nitriles is 1. The molecule has 1 aliphatic rings. The summed E-state index contributed by atoms with van der Waals surface area (Å²) in [7, 11) is 0. The van der Waals surface area contributed by atoms with E-state index in [9.17, 15) is 10.1 Å². The van der Waals surface area contributed by atoms with Crippen LogP contribution in [0.3, 0.4) is 0 Å². The molecule has 22 heavy (non-hydrogen) atoms. The van der Waals surface area contributed by atoms with E-state index >= 15 is 0 Å². The van der Waals surface area contributed by atoms with Gasteiger partial charge in [-0.25, -0.2) is 4.79 Å². The van der Waals surface area contributed by atoms with Gasteiger partial charge < -0.3 is 15.2 Å². The maximum absolute atomic E-state index is 12.4. The van der Waals surface area contributed by atoms with Crippen molar-refractivity contribution in [2.45, 2.75) is 26.2 Å². The van der Waals surface area contributed by atoms with Gasteiger partial charge in [0.1, 0.15) is 17.4 Å². The molecule has 0 saturated carbocycles. The lowest BCUT2D eigenvalue weighted by molar-refractivity contribution is -0.139. The van der Waals surface area contributed by atoms with Gasteiger partial charge in [-0.1, -0.05) is 6.92 Å². The molecule has 0 unspecified atom stereocenters. The van der Waals surface area contributed by atoms with Gasteiger partial charge in [-0.15, -0.1) is 11.3 Å². The molecule has 0 radical (unpaired) electrons. The van der Waals surface area contributed by atoms with Crippen molar-refractivity contribution >= 4 is 33.2 Å². The highest BCUT2D eigenvalue weighted by Gasteiger charge is 2.37. The van der Waals surface area contributed by atoms with Gasteiger partial charge in [0.25, 0.3) is 0 Å². The Kier molecular flexibility index (Phi) is 5.27. The first kappa shape index (κ1) is 16.6. The SMILES string of the molecule is CCOC(=O)C1=C(CC)OC(N)=C(C#N)[C@H]1c1cc(Br)cs1. The molecule has 2 rings (SSSR count). The number of thiophene rings is 1. The van der Waals surface area contributed by atoms with Crippen LogP contribution in [0.1, 0.15) is 31.1 Å². The van der Waals surface area contributed by atoms with Gasteiger partial charge in [0.15, 0.2) is 0 Å². The molecule has 7 heteroatoms. The second kappa shape index (κ2) is 6.99. The first-order chi connectivity index (χ1) is 10.5. The minimum atomic E-state index is -0.552. The molecule has 0 aliphatic carbocycles. The lowest BCUT2D eigenvalue weighted by atomic mass is 9.87. The molecule has 116 valence electrons. The van der Waals surface area contributed by atoms with Crippen LogP contribution < -0.4 is 5.73 Å². The quantitative estimate of drug-likeness (QED) is 0.804. The zero-order valence-electron chi connectivity index (χ0n) is 12.2. The van der Waals surface area contributed by atoms with E-state index in [1.807, 2.05) is 18.4 Å². The predicted molar refractivity (Wildman–Crippen MR) is 86.6 cm³/mol. The molecule has 0 saturated heterocycles. The topological polar surface area (TPSA) is 85.3 Å². The van der Waals surface area contributed by atoms with Crippen molar-refractivity contribution in [1.29, 1.82) is 5.26 Å². The minimum absolute atomic E-state index is 0.0434. The number of hydrogen-bond acceptors (Lipinski definition) is 6. The highest BCUT2D eigenvalue weighted by molar-refractivity contribution is 9.10. The van der Waals surface area contributed by atoms with Crippen LogP contribution in [-0.4, -0.2) is 12.6 Å². The van der Waals surface area contributed by atoms with Crippen LogP contribution in [0.4, 0.5) is 0 Å². The Balaban J connectivity index is 2.62. The number of rotatable bonds is 4. The summed E-state index contributed by atoms with van der Waals surface area (Å²) in [6.07, 6.45) is 0.483. The summed E-state index contributed by atoms with van der Waals surface area (Å²) >= 11 is 4.84. The molecule has 1 aliphatic heterocycles. The Hall–Kier alpha value is -1.78. The second-order valence-corrected chi connectivity index (χ2v) is 6.36. The summed E-state index contributed by atoms with van der Waals surface area (Å²) < 4.78 is 11.5. The van der Waals surface area contributed by atoms with Gasteiger partial charge in [0.05, 0.1) is 18.1 Å². The van der Waals surface area contributed by atoms with E-state index in [0.29, 0.717) is 17.8 Å². The number of allylic oxidation sites excluding steroid dienone is 2. The van der Waals surface area contributed by atoms with Crippen LogP contribution in [0.5, 0.6) is 0 Å². The van der Waals surface area contributed by atoms with Crippen molar-refractivity contribution in [3.05, 3.63) is 43.6 Å². The van der Waals surface area contributed by atoms with Crippen molar-refractivity contribution in [2.24, 2.45) is 5.73 Å². The number of carbonyl (C=O) groups is 1. The minimum Gasteiger partial charge on any atom is -0.463 e. The molecule has 1 aromatic rings. The number of hydrogen-bond donors (Lipinski definition) is 1. The normalized spacial score (nSPS) is 18.0. The van der Waals surface area contributed by atoms with E-state index in [-0.39, 0.29) is 18.1 Å². The predicted octanol–water partition coefficient (Wildman–Crippen LogP) is 3.55. The monoisotopic (exact) mass is 382 g/mol. The molecule has 1 atom stereocenters. The second-order valence-electron chi connectivity index (χ2n) is 4.50. The Morgan fingerprint density at radius 1 is 1.59 bits per heavy atom. The van der Waals surface area contributed by atoms with Gasteiger partial charge in [-0.05, 0) is 28.9 Å². The number of halogens is 1. The fraction of sp³-hybridized carbons (Fsp3) is 0.333. The Morgan fingerprint density at radius 2 is 2.32 bits per heavy atom. The molecule has 5 nitrogen and oxygen atoms in total. The maximum Gasteiger partial charge on any atom is 0.338 e. The fourth-order valence-corrected chi connectivity index (χ4v) is 3.84. The lowest BCUT2D eigenvalue weighted by Crippen LogP contribution is -2.25. The Morgan fingerprint density at radius 3 is 2.82 bits per heavy atom. The van der Waals surface area contributed by atoms with E-state index in [1.165, 1.54) is 11.3 Å². The molecular weight excluding hydrogens is 368 g/mol. The van der Waals surface area contributed by atoms with E-state index in [2.05, 4.69) is 22.0 Å². The highest BCUT2D eigenvalue weighted by atomic mass is 79.9. The van der Waals surface area contributed by atoms with Crippen LogP contribution in [-0.2, 0) is 14.3 Å². The number of nitrogens with zero attached hydrogens (tertiary/aromatic N) is 1. The molecule has 1 aromatic heterocycles. The zero-order valence-corrected chi connectivity index (χ0v) is 14.6. The van der Waals surface area contributed by atoms with Crippen LogP contribution in [0.15, 0.2) is 38.7 Å². The van der Waals surface area contributed by atoms with Crippen molar-refractivity contribution in [3.63, 3.8) is 0 Å². The summed E-state index contributed by atoms with van der Waals surface area (Å²) in [5, 5.41) is 11.3. The Labute approximate surface area is 141 Å². The van der Waals surface area contributed by atoms with E-state index < -0.39 is 11.9 Å². The third-order valence-electron chi connectivity index (χ3n) is 3.19. The molecule has 0 bridgehead atoms. The fourth-order valence-electron chi connectivity index (χ4n) is 2.28. The third kappa shape index (κ3) is 3.03. The maximum atomic E-state index is 12.4. The van der Waals surface area contributed by atoms with E-state index in [1.54, 1.807) is 6.92 Å². The van der Waals surface area contributed by atoms with Gasteiger partial charge >= 0.3 is 5.97 Å². The van der Waals surface area contributed by atoms with Gasteiger partial charge in [0.2, 0.25) is 5.88 Å².